The maximum absolute atomic E-state index is 10.0. The van der Waals surface area contributed by atoms with E-state index in [1.54, 1.807) is 4.68 Å². The van der Waals surface area contributed by atoms with E-state index in [0.717, 1.165) is 10.0 Å². The van der Waals surface area contributed by atoms with Gasteiger partial charge in [-0.2, -0.15) is 5.10 Å². The molecule has 2 aromatic rings. The molecule has 0 bridgehead atoms. The summed E-state index contributed by atoms with van der Waals surface area (Å²) in [7, 11) is 1.83. The van der Waals surface area contributed by atoms with Gasteiger partial charge in [0.1, 0.15) is 6.10 Å². The Balaban J connectivity index is 2.32. The van der Waals surface area contributed by atoms with E-state index in [-0.39, 0.29) is 0 Å². The van der Waals surface area contributed by atoms with E-state index in [4.69, 9.17) is 0 Å². The first kappa shape index (κ1) is 10.4. The number of aliphatic hydroxyl groups is 1. The molecule has 1 atom stereocenters. The highest BCUT2D eigenvalue weighted by molar-refractivity contribution is 9.10. The minimum atomic E-state index is -0.663. The Morgan fingerprint density at radius 1 is 1.40 bits per heavy atom. The van der Waals surface area contributed by atoms with E-state index in [0.29, 0.717) is 5.69 Å². The van der Waals surface area contributed by atoms with E-state index in [9.17, 15) is 5.11 Å². The normalized spacial score (nSPS) is 12.7. The quantitative estimate of drug-likeness (QED) is 0.906. The summed E-state index contributed by atoms with van der Waals surface area (Å²) in [6.07, 6.45) is 1.15. The van der Waals surface area contributed by atoms with Crippen LogP contribution in [-0.2, 0) is 7.05 Å². The van der Waals surface area contributed by atoms with Crippen LogP contribution in [0, 0.1) is 0 Å². The standard InChI is InChI=1S/C11H11BrN2O/c1-14-6-5-10(13-14)11(15)8-3-2-4-9(12)7-8/h2-7,11,15H,1H3. The third kappa shape index (κ3) is 2.27. The molecule has 2 rings (SSSR count). The average Bonchev–Trinajstić information content (AvgIpc) is 2.64. The number of halogens is 1. The lowest BCUT2D eigenvalue weighted by Gasteiger charge is -2.08. The van der Waals surface area contributed by atoms with Crippen molar-refractivity contribution in [2.75, 3.05) is 0 Å². The second kappa shape index (κ2) is 4.16. The van der Waals surface area contributed by atoms with Crippen LogP contribution in [-0.4, -0.2) is 14.9 Å². The number of aryl methyl sites for hydroxylation is 1. The minimum Gasteiger partial charge on any atom is -0.382 e. The van der Waals surface area contributed by atoms with Crippen LogP contribution < -0.4 is 0 Å². The number of aromatic nitrogens is 2. The van der Waals surface area contributed by atoms with E-state index in [2.05, 4.69) is 21.0 Å². The summed E-state index contributed by atoms with van der Waals surface area (Å²) in [6, 6.07) is 9.40. The van der Waals surface area contributed by atoms with Crippen LogP contribution in [0.3, 0.4) is 0 Å². The number of hydrogen-bond donors (Lipinski definition) is 1. The fourth-order valence-corrected chi connectivity index (χ4v) is 1.84. The van der Waals surface area contributed by atoms with Crippen molar-refractivity contribution in [1.29, 1.82) is 0 Å². The van der Waals surface area contributed by atoms with Crippen molar-refractivity contribution in [3.63, 3.8) is 0 Å². The molecular formula is C11H11BrN2O. The first-order valence-corrected chi connectivity index (χ1v) is 5.39. The summed E-state index contributed by atoms with van der Waals surface area (Å²) in [5, 5.41) is 14.2. The first-order chi connectivity index (χ1) is 7.16. The Bertz CT molecular complexity index is 467. The molecule has 0 spiro atoms. The minimum absolute atomic E-state index is 0.663. The summed E-state index contributed by atoms with van der Waals surface area (Å²) in [5.74, 6) is 0. The molecule has 0 aliphatic heterocycles. The van der Waals surface area contributed by atoms with Gasteiger partial charge in [-0.15, -0.1) is 0 Å². The van der Waals surface area contributed by atoms with E-state index >= 15 is 0 Å². The number of benzene rings is 1. The van der Waals surface area contributed by atoms with Crippen LogP contribution in [0.4, 0.5) is 0 Å². The molecule has 0 amide bonds. The molecule has 1 unspecified atom stereocenters. The van der Waals surface area contributed by atoms with Crippen LogP contribution in [0.1, 0.15) is 17.4 Å². The highest BCUT2D eigenvalue weighted by Gasteiger charge is 2.12. The van der Waals surface area contributed by atoms with E-state index < -0.39 is 6.10 Å². The summed E-state index contributed by atoms with van der Waals surface area (Å²) >= 11 is 3.37. The fraction of sp³-hybridized carbons (Fsp3) is 0.182. The van der Waals surface area contributed by atoms with Crippen molar-refractivity contribution in [2.24, 2.45) is 7.05 Å². The summed E-state index contributed by atoms with van der Waals surface area (Å²) in [6.45, 7) is 0. The van der Waals surface area contributed by atoms with E-state index in [1.165, 1.54) is 0 Å². The highest BCUT2D eigenvalue weighted by atomic mass is 79.9. The van der Waals surface area contributed by atoms with Gasteiger partial charge in [-0.1, -0.05) is 28.1 Å². The molecule has 0 aliphatic rings. The maximum Gasteiger partial charge on any atom is 0.123 e. The molecule has 1 aromatic heterocycles. The highest BCUT2D eigenvalue weighted by Crippen LogP contribution is 2.22. The second-order valence-electron chi connectivity index (χ2n) is 3.37. The largest absolute Gasteiger partial charge is 0.382 e. The van der Waals surface area contributed by atoms with Gasteiger partial charge in [0, 0.05) is 17.7 Å². The third-order valence-electron chi connectivity index (χ3n) is 2.18. The molecule has 15 heavy (non-hydrogen) atoms. The van der Waals surface area contributed by atoms with Crippen molar-refractivity contribution in [3.8, 4) is 0 Å². The molecule has 0 aliphatic carbocycles. The summed E-state index contributed by atoms with van der Waals surface area (Å²) in [5.41, 5.74) is 1.50. The average molecular weight is 267 g/mol. The molecule has 1 N–H and O–H groups in total. The lowest BCUT2D eigenvalue weighted by Crippen LogP contribution is -2.01. The molecule has 0 radical (unpaired) electrons. The smallest absolute Gasteiger partial charge is 0.123 e. The van der Waals surface area contributed by atoms with Crippen LogP contribution in [0.25, 0.3) is 0 Å². The Labute approximate surface area is 96.5 Å². The van der Waals surface area contributed by atoms with Gasteiger partial charge in [0.05, 0.1) is 5.69 Å². The van der Waals surface area contributed by atoms with E-state index in [1.807, 2.05) is 43.6 Å². The Morgan fingerprint density at radius 2 is 2.20 bits per heavy atom. The molecule has 78 valence electrons. The topological polar surface area (TPSA) is 38.0 Å². The molecular weight excluding hydrogens is 256 g/mol. The Morgan fingerprint density at radius 3 is 2.80 bits per heavy atom. The number of aliphatic hydroxyl groups excluding tert-OH is 1. The van der Waals surface area contributed by atoms with Gasteiger partial charge in [0.2, 0.25) is 0 Å². The zero-order valence-electron chi connectivity index (χ0n) is 8.26. The van der Waals surface area contributed by atoms with Crippen molar-refractivity contribution >= 4 is 15.9 Å². The first-order valence-electron chi connectivity index (χ1n) is 4.60. The van der Waals surface area contributed by atoms with Crippen molar-refractivity contribution in [2.45, 2.75) is 6.10 Å². The summed E-state index contributed by atoms with van der Waals surface area (Å²) in [4.78, 5) is 0. The predicted molar refractivity (Wildman–Crippen MR) is 61.4 cm³/mol. The molecule has 3 nitrogen and oxygen atoms in total. The fourth-order valence-electron chi connectivity index (χ4n) is 1.43. The number of nitrogens with zero attached hydrogens (tertiary/aromatic N) is 2. The lowest BCUT2D eigenvalue weighted by atomic mass is 10.1. The van der Waals surface area contributed by atoms with Gasteiger partial charge in [-0.25, -0.2) is 0 Å². The maximum atomic E-state index is 10.0. The molecule has 0 fully saturated rings. The van der Waals surface area contributed by atoms with Crippen molar-refractivity contribution < 1.29 is 5.11 Å². The van der Waals surface area contributed by atoms with Gasteiger partial charge in [0.25, 0.3) is 0 Å². The van der Waals surface area contributed by atoms with Gasteiger partial charge in [0.15, 0.2) is 0 Å². The number of hydrogen-bond acceptors (Lipinski definition) is 2. The van der Waals surface area contributed by atoms with Gasteiger partial charge in [-0.3, -0.25) is 4.68 Å². The monoisotopic (exact) mass is 266 g/mol. The van der Waals surface area contributed by atoms with Gasteiger partial charge >= 0.3 is 0 Å². The zero-order valence-corrected chi connectivity index (χ0v) is 9.85. The Hall–Kier alpha value is -1.13. The van der Waals surface area contributed by atoms with Crippen LogP contribution in [0.2, 0.25) is 0 Å². The predicted octanol–water partition coefficient (Wildman–Crippen LogP) is 2.26. The van der Waals surface area contributed by atoms with Crippen molar-refractivity contribution in [1.82, 2.24) is 9.78 Å². The van der Waals surface area contributed by atoms with Crippen LogP contribution in [0.5, 0.6) is 0 Å². The van der Waals surface area contributed by atoms with Gasteiger partial charge < -0.3 is 5.11 Å². The number of rotatable bonds is 2. The Kier molecular flexibility index (Phi) is 2.88. The van der Waals surface area contributed by atoms with Crippen molar-refractivity contribution in [3.05, 3.63) is 52.3 Å². The van der Waals surface area contributed by atoms with Crippen LogP contribution in [0.15, 0.2) is 41.0 Å². The molecule has 0 saturated heterocycles. The zero-order chi connectivity index (χ0) is 10.8. The molecule has 1 aromatic carbocycles. The van der Waals surface area contributed by atoms with Gasteiger partial charge in [-0.05, 0) is 23.8 Å². The van der Waals surface area contributed by atoms with Crippen LogP contribution >= 0.6 is 15.9 Å². The summed E-state index contributed by atoms with van der Waals surface area (Å²) < 4.78 is 2.63. The third-order valence-corrected chi connectivity index (χ3v) is 2.67. The second-order valence-corrected chi connectivity index (χ2v) is 4.29. The molecule has 4 heteroatoms. The molecule has 0 saturated carbocycles. The lowest BCUT2D eigenvalue weighted by molar-refractivity contribution is 0.214. The SMILES string of the molecule is Cn1ccc(C(O)c2cccc(Br)c2)n1. The molecule has 1 heterocycles.